The van der Waals surface area contributed by atoms with Crippen molar-refractivity contribution in [2.75, 3.05) is 19.0 Å². The van der Waals surface area contributed by atoms with Gasteiger partial charge in [-0.25, -0.2) is 4.79 Å². The maximum absolute atomic E-state index is 12.0. The highest BCUT2D eigenvalue weighted by Crippen LogP contribution is 2.33. The number of methoxy groups -OCH3 is 1. The molecule has 1 unspecified atom stereocenters. The Kier molecular flexibility index (Phi) is 8.45. The first-order valence-electron chi connectivity index (χ1n) is 8.47. The van der Waals surface area contributed by atoms with Crippen molar-refractivity contribution in [3.8, 4) is 5.75 Å². The fourth-order valence-corrected chi connectivity index (χ4v) is 2.33. The largest absolute Gasteiger partial charge is 0.497 e. The van der Waals surface area contributed by atoms with Gasteiger partial charge in [0.15, 0.2) is 5.96 Å². The van der Waals surface area contributed by atoms with E-state index in [1.54, 1.807) is 7.11 Å². The number of anilines is 1. The second-order valence-electron chi connectivity index (χ2n) is 7.17. The second kappa shape index (κ2) is 9.84. The summed E-state index contributed by atoms with van der Waals surface area (Å²) in [6.07, 6.45) is 1.75. The van der Waals surface area contributed by atoms with Gasteiger partial charge in [-0.1, -0.05) is 0 Å². The minimum absolute atomic E-state index is 0. The molecule has 7 nitrogen and oxygen atoms in total. The van der Waals surface area contributed by atoms with E-state index in [9.17, 15) is 4.79 Å². The number of nitrogens with two attached hydrogens (primary N) is 1. The second-order valence-corrected chi connectivity index (χ2v) is 7.17. The number of hydrogen-bond donors (Lipinski definition) is 3. The summed E-state index contributed by atoms with van der Waals surface area (Å²) < 4.78 is 10.4. The predicted molar refractivity (Wildman–Crippen MR) is 114 cm³/mol. The topological polar surface area (TPSA) is 98.0 Å². The van der Waals surface area contributed by atoms with Crippen molar-refractivity contribution in [3.63, 3.8) is 0 Å². The fraction of sp³-hybridized carbons (Fsp3) is 0.556. The summed E-state index contributed by atoms with van der Waals surface area (Å²) >= 11 is 0. The van der Waals surface area contributed by atoms with Crippen LogP contribution in [-0.2, 0) is 4.74 Å². The standard InChI is InChI=1S/C18H28N4O3.HI/c1-18(2,3)25-17(23)22-15(12-5-6-12)11-20-16(19)21-13-7-9-14(24-4)10-8-13;/h7-10,12,15H,5-6,11H2,1-4H3,(H,22,23)(H3,19,20,21);1H. The smallest absolute Gasteiger partial charge is 0.407 e. The highest BCUT2D eigenvalue weighted by Gasteiger charge is 2.33. The normalized spacial score (nSPS) is 15.5. The van der Waals surface area contributed by atoms with Crippen LogP contribution >= 0.6 is 24.0 Å². The molecule has 1 fully saturated rings. The van der Waals surface area contributed by atoms with Gasteiger partial charge in [-0.2, -0.15) is 0 Å². The van der Waals surface area contributed by atoms with Crippen LogP contribution in [0.25, 0.3) is 0 Å². The Morgan fingerprint density at radius 1 is 1.31 bits per heavy atom. The maximum atomic E-state index is 12.0. The molecule has 4 N–H and O–H groups in total. The lowest BCUT2D eigenvalue weighted by molar-refractivity contribution is 0.0500. The third kappa shape index (κ3) is 8.11. The Hall–Kier alpha value is -1.71. The Morgan fingerprint density at radius 3 is 2.42 bits per heavy atom. The molecule has 0 heterocycles. The van der Waals surface area contributed by atoms with Gasteiger partial charge in [-0.15, -0.1) is 24.0 Å². The van der Waals surface area contributed by atoms with Gasteiger partial charge in [0.2, 0.25) is 0 Å². The van der Waals surface area contributed by atoms with Crippen molar-refractivity contribution < 1.29 is 14.3 Å². The Morgan fingerprint density at radius 2 is 1.92 bits per heavy atom. The summed E-state index contributed by atoms with van der Waals surface area (Å²) in [5.41, 5.74) is 6.25. The zero-order valence-corrected chi connectivity index (χ0v) is 18.1. The van der Waals surface area contributed by atoms with E-state index in [-0.39, 0.29) is 30.0 Å². The van der Waals surface area contributed by atoms with Gasteiger partial charge in [-0.3, -0.25) is 4.99 Å². The number of carbonyl (C=O) groups excluding carboxylic acids is 1. The fourth-order valence-electron chi connectivity index (χ4n) is 2.33. The number of ether oxygens (including phenoxy) is 2. The van der Waals surface area contributed by atoms with Gasteiger partial charge in [0.1, 0.15) is 11.4 Å². The first kappa shape index (κ1) is 22.3. The van der Waals surface area contributed by atoms with Crippen molar-refractivity contribution >= 4 is 41.7 Å². The Bertz CT molecular complexity index is 610. The molecule has 1 aromatic rings. The van der Waals surface area contributed by atoms with E-state index in [1.807, 2.05) is 45.0 Å². The van der Waals surface area contributed by atoms with Crippen molar-refractivity contribution in [2.45, 2.75) is 45.3 Å². The molecule has 26 heavy (non-hydrogen) atoms. The number of halogens is 1. The number of benzene rings is 1. The van der Waals surface area contributed by atoms with Crippen LogP contribution in [0.1, 0.15) is 33.6 Å². The van der Waals surface area contributed by atoms with Gasteiger partial charge >= 0.3 is 6.09 Å². The van der Waals surface area contributed by atoms with Gasteiger partial charge in [0.05, 0.1) is 19.7 Å². The summed E-state index contributed by atoms with van der Waals surface area (Å²) in [4.78, 5) is 16.3. The summed E-state index contributed by atoms with van der Waals surface area (Å²) in [6, 6.07) is 7.34. The van der Waals surface area contributed by atoms with Crippen LogP contribution in [0.3, 0.4) is 0 Å². The SMILES string of the molecule is COc1ccc(NC(N)=NCC(NC(=O)OC(C)(C)C)C2CC2)cc1.I. The lowest BCUT2D eigenvalue weighted by Crippen LogP contribution is -2.42. The van der Waals surface area contributed by atoms with E-state index in [2.05, 4.69) is 15.6 Å². The molecule has 2 rings (SSSR count). The monoisotopic (exact) mass is 476 g/mol. The van der Waals surface area contributed by atoms with E-state index < -0.39 is 11.7 Å². The molecular formula is C18H29IN4O3. The summed E-state index contributed by atoms with van der Waals surface area (Å²) in [5.74, 6) is 1.52. The quantitative estimate of drug-likeness (QED) is 0.333. The maximum Gasteiger partial charge on any atom is 0.407 e. The number of nitrogens with one attached hydrogen (secondary N) is 2. The average molecular weight is 476 g/mol. The van der Waals surface area contributed by atoms with E-state index >= 15 is 0 Å². The van der Waals surface area contributed by atoms with Gasteiger partial charge < -0.3 is 25.8 Å². The number of hydrogen-bond acceptors (Lipinski definition) is 4. The molecule has 1 amide bonds. The highest BCUT2D eigenvalue weighted by atomic mass is 127. The van der Waals surface area contributed by atoms with Crippen LogP contribution < -0.4 is 21.1 Å². The molecule has 0 aromatic heterocycles. The summed E-state index contributed by atoms with van der Waals surface area (Å²) in [7, 11) is 1.62. The highest BCUT2D eigenvalue weighted by molar-refractivity contribution is 14.0. The van der Waals surface area contributed by atoms with E-state index in [4.69, 9.17) is 15.2 Å². The van der Waals surface area contributed by atoms with Crippen LogP contribution in [0.5, 0.6) is 5.75 Å². The molecule has 1 atom stereocenters. The van der Waals surface area contributed by atoms with E-state index in [0.29, 0.717) is 18.4 Å². The van der Waals surface area contributed by atoms with Crippen LogP contribution in [-0.4, -0.2) is 37.4 Å². The number of guanidine groups is 1. The number of nitrogens with zero attached hydrogens (tertiary/aromatic N) is 1. The van der Waals surface area contributed by atoms with Crippen molar-refractivity contribution in [2.24, 2.45) is 16.6 Å². The van der Waals surface area contributed by atoms with Crippen LogP contribution in [0, 0.1) is 5.92 Å². The number of rotatable bonds is 6. The van der Waals surface area contributed by atoms with E-state index in [0.717, 1.165) is 24.3 Å². The first-order valence-corrected chi connectivity index (χ1v) is 8.47. The van der Waals surface area contributed by atoms with Crippen LogP contribution in [0.2, 0.25) is 0 Å². The summed E-state index contributed by atoms with van der Waals surface area (Å²) in [6.45, 7) is 5.94. The van der Waals surface area contributed by atoms with E-state index in [1.165, 1.54) is 0 Å². The molecule has 0 spiro atoms. The molecule has 0 aliphatic heterocycles. The minimum atomic E-state index is -0.517. The minimum Gasteiger partial charge on any atom is -0.497 e. The first-order chi connectivity index (χ1) is 11.8. The predicted octanol–water partition coefficient (Wildman–Crippen LogP) is 3.34. The number of aliphatic imine (C=N–C) groups is 1. The summed E-state index contributed by atoms with van der Waals surface area (Å²) in [5, 5.41) is 5.93. The molecule has 1 aliphatic carbocycles. The number of amides is 1. The van der Waals surface area contributed by atoms with Crippen LogP contribution in [0.4, 0.5) is 10.5 Å². The molecular weight excluding hydrogens is 447 g/mol. The zero-order chi connectivity index (χ0) is 18.4. The molecule has 1 saturated carbocycles. The van der Waals surface area contributed by atoms with Gasteiger partial charge in [-0.05, 0) is 63.8 Å². The lowest BCUT2D eigenvalue weighted by atomic mass is 10.2. The van der Waals surface area contributed by atoms with Crippen molar-refractivity contribution in [3.05, 3.63) is 24.3 Å². The molecule has 1 aromatic carbocycles. The molecule has 146 valence electrons. The third-order valence-corrected chi connectivity index (χ3v) is 3.71. The molecule has 0 saturated heterocycles. The average Bonchev–Trinajstić information content (AvgIpc) is 3.35. The number of alkyl carbamates (subject to hydrolysis) is 1. The molecule has 1 aliphatic rings. The zero-order valence-electron chi connectivity index (χ0n) is 15.7. The molecule has 0 radical (unpaired) electrons. The van der Waals surface area contributed by atoms with Crippen LogP contribution in [0.15, 0.2) is 29.3 Å². The molecule has 8 heteroatoms. The lowest BCUT2D eigenvalue weighted by Gasteiger charge is -2.23. The Labute approximate surface area is 172 Å². The Balaban J connectivity index is 0.00000338. The van der Waals surface area contributed by atoms with Gasteiger partial charge in [0.25, 0.3) is 0 Å². The molecule has 0 bridgehead atoms. The van der Waals surface area contributed by atoms with Gasteiger partial charge in [0, 0.05) is 5.69 Å². The van der Waals surface area contributed by atoms with Crippen molar-refractivity contribution in [1.29, 1.82) is 0 Å². The number of carbonyl (C=O) groups is 1. The third-order valence-electron chi connectivity index (χ3n) is 3.71. The van der Waals surface area contributed by atoms with Crippen molar-refractivity contribution in [1.82, 2.24) is 5.32 Å².